The van der Waals surface area contributed by atoms with Crippen molar-refractivity contribution in [2.24, 2.45) is 11.8 Å². The highest BCUT2D eigenvalue weighted by atomic mass is 16.5. The number of carbonyl (C=O) groups is 1. The summed E-state index contributed by atoms with van der Waals surface area (Å²) in [6, 6.07) is 0.370. The van der Waals surface area contributed by atoms with Crippen LogP contribution in [0.25, 0.3) is 0 Å². The Bertz CT molecular complexity index is 232. The van der Waals surface area contributed by atoms with Crippen molar-refractivity contribution in [1.29, 1.82) is 0 Å². The summed E-state index contributed by atoms with van der Waals surface area (Å²) in [5.41, 5.74) is 0. The Morgan fingerprint density at radius 2 is 2.31 bits per heavy atom. The van der Waals surface area contributed by atoms with Gasteiger partial charge in [0.05, 0.1) is 5.92 Å². The third kappa shape index (κ3) is 3.76. The van der Waals surface area contributed by atoms with E-state index in [0.29, 0.717) is 12.0 Å². The normalized spacial score (nSPS) is 28.9. The molecule has 16 heavy (non-hydrogen) atoms. The fraction of sp³-hybridized carbons (Fsp3) is 0.917. The molecule has 0 aromatic heterocycles. The van der Waals surface area contributed by atoms with Gasteiger partial charge in [-0.3, -0.25) is 4.79 Å². The molecule has 0 spiro atoms. The van der Waals surface area contributed by atoms with Crippen molar-refractivity contribution < 1.29 is 14.6 Å². The van der Waals surface area contributed by atoms with Crippen molar-refractivity contribution >= 4 is 5.97 Å². The molecule has 0 radical (unpaired) electrons. The monoisotopic (exact) mass is 229 g/mol. The van der Waals surface area contributed by atoms with Crippen LogP contribution in [0.2, 0.25) is 0 Å². The van der Waals surface area contributed by atoms with E-state index in [-0.39, 0.29) is 5.92 Å². The molecule has 0 aromatic rings. The van der Waals surface area contributed by atoms with E-state index in [2.05, 4.69) is 18.7 Å². The van der Waals surface area contributed by atoms with E-state index in [4.69, 9.17) is 9.84 Å². The lowest BCUT2D eigenvalue weighted by Crippen LogP contribution is -2.44. The summed E-state index contributed by atoms with van der Waals surface area (Å²) in [4.78, 5) is 13.3. The lowest BCUT2D eigenvalue weighted by molar-refractivity contribution is -0.144. The van der Waals surface area contributed by atoms with E-state index < -0.39 is 5.97 Å². The van der Waals surface area contributed by atoms with Crippen molar-refractivity contribution in [3.63, 3.8) is 0 Å². The van der Waals surface area contributed by atoms with Gasteiger partial charge in [-0.2, -0.15) is 0 Å². The topological polar surface area (TPSA) is 49.8 Å². The van der Waals surface area contributed by atoms with Gasteiger partial charge in [0.25, 0.3) is 0 Å². The number of carboxylic acid groups (broad SMARTS) is 1. The molecule has 1 heterocycles. The third-order valence-electron chi connectivity index (χ3n) is 3.36. The van der Waals surface area contributed by atoms with Crippen LogP contribution in [-0.4, -0.2) is 48.8 Å². The summed E-state index contributed by atoms with van der Waals surface area (Å²) < 4.78 is 5.12. The zero-order chi connectivity index (χ0) is 12.1. The fourth-order valence-electron chi connectivity index (χ4n) is 2.45. The molecule has 0 aliphatic carbocycles. The molecule has 0 amide bonds. The predicted molar refractivity (Wildman–Crippen MR) is 62.4 cm³/mol. The molecule has 1 N–H and O–H groups in total. The van der Waals surface area contributed by atoms with Crippen LogP contribution in [0, 0.1) is 11.8 Å². The van der Waals surface area contributed by atoms with Crippen LogP contribution in [-0.2, 0) is 9.53 Å². The second kappa shape index (κ2) is 6.21. The van der Waals surface area contributed by atoms with Crippen LogP contribution < -0.4 is 0 Å². The third-order valence-corrected chi connectivity index (χ3v) is 3.36. The zero-order valence-corrected chi connectivity index (χ0v) is 10.5. The molecule has 1 aliphatic rings. The maximum atomic E-state index is 10.9. The van der Waals surface area contributed by atoms with Gasteiger partial charge >= 0.3 is 5.97 Å². The van der Waals surface area contributed by atoms with Crippen LogP contribution in [0.1, 0.15) is 26.7 Å². The number of hydrogen-bond acceptors (Lipinski definition) is 3. The second-order valence-electron chi connectivity index (χ2n) is 4.96. The predicted octanol–water partition coefficient (Wildman–Crippen LogP) is 1.45. The van der Waals surface area contributed by atoms with Gasteiger partial charge in [0.1, 0.15) is 0 Å². The smallest absolute Gasteiger partial charge is 0.306 e. The first-order valence-corrected chi connectivity index (χ1v) is 6.00. The first-order chi connectivity index (χ1) is 7.54. The fourth-order valence-corrected chi connectivity index (χ4v) is 2.45. The van der Waals surface area contributed by atoms with Gasteiger partial charge in [-0.25, -0.2) is 0 Å². The minimum absolute atomic E-state index is 0.149. The highest BCUT2D eigenvalue weighted by Gasteiger charge is 2.29. The Balaban J connectivity index is 2.38. The van der Waals surface area contributed by atoms with Crippen molar-refractivity contribution in [1.82, 2.24) is 4.90 Å². The average molecular weight is 229 g/mol. The Morgan fingerprint density at radius 3 is 2.81 bits per heavy atom. The van der Waals surface area contributed by atoms with Crippen LogP contribution in [0.5, 0.6) is 0 Å². The minimum atomic E-state index is -0.642. The van der Waals surface area contributed by atoms with E-state index in [9.17, 15) is 4.79 Å². The number of hydrogen-bond donors (Lipinski definition) is 1. The summed E-state index contributed by atoms with van der Waals surface area (Å²) in [7, 11) is 1.72. The van der Waals surface area contributed by atoms with Gasteiger partial charge in [-0.05, 0) is 32.2 Å². The molecule has 4 heteroatoms. The van der Waals surface area contributed by atoms with E-state index in [0.717, 1.165) is 32.5 Å². The van der Waals surface area contributed by atoms with Crippen molar-refractivity contribution in [3.8, 4) is 0 Å². The van der Waals surface area contributed by atoms with Crippen LogP contribution in [0.4, 0.5) is 0 Å². The Labute approximate surface area is 97.6 Å². The summed E-state index contributed by atoms with van der Waals surface area (Å²) in [6.07, 6.45) is 1.55. The summed E-state index contributed by atoms with van der Waals surface area (Å²) >= 11 is 0. The van der Waals surface area contributed by atoms with Crippen LogP contribution in [0.15, 0.2) is 0 Å². The molecule has 0 aromatic carbocycles. The summed E-state index contributed by atoms with van der Waals surface area (Å²) in [5, 5.41) is 8.97. The standard InChI is InChI=1S/C12H23NO3/c1-9(8-16-3)7-13-5-4-11(12(14)15)6-10(13)2/h9-11H,4-8H2,1-3H3,(H,14,15). The molecule has 0 saturated carbocycles. The molecule has 3 atom stereocenters. The van der Waals surface area contributed by atoms with Crippen molar-refractivity contribution in [2.45, 2.75) is 32.7 Å². The SMILES string of the molecule is COCC(C)CN1CCC(C(=O)O)CC1C. The molecule has 0 bridgehead atoms. The molecule has 4 nitrogen and oxygen atoms in total. The van der Waals surface area contributed by atoms with Crippen molar-refractivity contribution in [2.75, 3.05) is 26.8 Å². The molecular formula is C12H23NO3. The van der Waals surface area contributed by atoms with Gasteiger partial charge in [0.15, 0.2) is 0 Å². The lowest BCUT2D eigenvalue weighted by atomic mass is 9.91. The average Bonchev–Trinajstić information content (AvgIpc) is 2.21. The lowest BCUT2D eigenvalue weighted by Gasteiger charge is -2.37. The number of rotatable bonds is 5. The van der Waals surface area contributed by atoms with Crippen molar-refractivity contribution in [3.05, 3.63) is 0 Å². The van der Waals surface area contributed by atoms with Crippen LogP contribution in [0.3, 0.4) is 0 Å². The molecule has 94 valence electrons. The van der Waals surface area contributed by atoms with E-state index in [1.54, 1.807) is 7.11 Å². The number of piperidine rings is 1. The maximum absolute atomic E-state index is 10.9. The largest absolute Gasteiger partial charge is 0.481 e. The number of carboxylic acids is 1. The summed E-state index contributed by atoms with van der Waals surface area (Å²) in [6.45, 7) is 6.95. The first kappa shape index (κ1) is 13.5. The Morgan fingerprint density at radius 1 is 1.62 bits per heavy atom. The maximum Gasteiger partial charge on any atom is 0.306 e. The molecule has 1 aliphatic heterocycles. The zero-order valence-electron chi connectivity index (χ0n) is 10.5. The second-order valence-corrected chi connectivity index (χ2v) is 4.96. The highest BCUT2D eigenvalue weighted by molar-refractivity contribution is 5.70. The number of ether oxygens (including phenoxy) is 1. The van der Waals surface area contributed by atoms with E-state index >= 15 is 0 Å². The van der Waals surface area contributed by atoms with E-state index in [1.807, 2.05) is 0 Å². The van der Waals surface area contributed by atoms with E-state index in [1.165, 1.54) is 0 Å². The number of aliphatic carboxylic acids is 1. The molecule has 1 rings (SSSR count). The molecule has 3 unspecified atom stereocenters. The van der Waals surface area contributed by atoms with Crippen LogP contribution >= 0.6 is 0 Å². The Hall–Kier alpha value is -0.610. The number of nitrogens with zero attached hydrogens (tertiary/aromatic N) is 1. The first-order valence-electron chi connectivity index (χ1n) is 6.00. The number of methoxy groups -OCH3 is 1. The van der Waals surface area contributed by atoms with Gasteiger partial charge < -0.3 is 14.7 Å². The summed E-state index contributed by atoms with van der Waals surface area (Å²) in [5.74, 6) is -0.283. The molecule has 1 saturated heterocycles. The molecular weight excluding hydrogens is 206 g/mol. The Kier molecular flexibility index (Phi) is 5.22. The van der Waals surface area contributed by atoms with Gasteiger partial charge in [-0.15, -0.1) is 0 Å². The quantitative estimate of drug-likeness (QED) is 0.775. The van der Waals surface area contributed by atoms with Gasteiger partial charge in [0.2, 0.25) is 0 Å². The molecule has 1 fully saturated rings. The van der Waals surface area contributed by atoms with Gasteiger partial charge in [-0.1, -0.05) is 6.92 Å². The minimum Gasteiger partial charge on any atom is -0.481 e. The van der Waals surface area contributed by atoms with Gasteiger partial charge in [0, 0.05) is 26.3 Å². The highest BCUT2D eigenvalue weighted by Crippen LogP contribution is 2.23. The number of likely N-dealkylation sites (tertiary alicyclic amines) is 1.